The van der Waals surface area contributed by atoms with Crippen LogP contribution < -0.4 is 16.2 Å². The summed E-state index contributed by atoms with van der Waals surface area (Å²) in [7, 11) is 0. The van der Waals surface area contributed by atoms with Crippen molar-refractivity contribution >= 4 is 45.4 Å². The SMILES string of the molecule is CSCC[C@H](NC(=O)c1ccccc1Br)C(=O)NNC(=O)c1ccncc1. The van der Waals surface area contributed by atoms with Gasteiger partial charge >= 0.3 is 0 Å². The number of benzene rings is 1. The molecule has 0 saturated carbocycles. The number of aromatic nitrogens is 1. The van der Waals surface area contributed by atoms with Gasteiger partial charge in [0.05, 0.1) is 5.56 Å². The Morgan fingerprint density at radius 2 is 1.78 bits per heavy atom. The molecule has 1 heterocycles. The fraction of sp³-hybridized carbons (Fsp3) is 0.222. The second-order valence-electron chi connectivity index (χ2n) is 5.47. The highest BCUT2D eigenvalue weighted by Crippen LogP contribution is 2.16. The zero-order chi connectivity index (χ0) is 19.6. The minimum Gasteiger partial charge on any atom is -0.340 e. The molecule has 3 amide bonds. The van der Waals surface area contributed by atoms with Crippen molar-refractivity contribution in [2.45, 2.75) is 12.5 Å². The lowest BCUT2D eigenvalue weighted by Crippen LogP contribution is -2.52. The molecule has 1 aromatic carbocycles. The minimum absolute atomic E-state index is 0.364. The van der Waals surface area contributed by atoms with Gasteiger partial charge in [-0.2, -0.15) is 11.8 Å². The Balaban J connectivity index is 1.99. The molecule has 1 aromatic heterocycles. The van der Waals surface area contributed by atoms with Gasteiger partial charge in [0, 0.05) is 22.4 Å². The van der Waals surface area contributed by atoms with Crippen molar-refractivity contribution in [3.63, 3.8) is 0 Å². The van der Waals surface area contributed by atoms with E-state index in [0.717, 1.165) is 0 Å². The lowest BCUT2D eigenvalue weighted by molar-refractivity contribution is -0.123. The van der Waals surface area contributed by atoms with Crippen molar-refractivity contribution < 1.29 is 14.4 Å². The Kier molecular flexibility index (Phi) is 8.28. The molecular formula is C18H19BrN4O3S. The van der Waals surface area contributed by atoms with Crippen LogP contribution in [0, 0.1) is 0 Å². The van der Waals surface area contributed by atoms with E-state index in [1.54, 1.807) is 36.0 Å². The van der Waals surface area contributed by atoms with Crippen LogP contribution in [0.5, 0.6) is 0 Å². The van der Waals surface area contributed by atoms with Gasteiger partial charge in [0.25, 0.3) is 17.7 Å². The number of carbonyl (C=O) groups excluding carboxylic acids is 3. The fourth-order valence-corrected chi connectivity index (χ4v) is 3.10. The number of thioether (sulfide) groups is 1. The summed E-state index contributed by atoms with van der Waals surface area (Å²) in [6, 6.07) is 9.23. The first kappa shape index (κ1) is 20.9. The van der Waals surface area contributed by atoms with Crippen LogP contribution in [0.3, 0.4) is 0 Å². The smallest absolute Gasteiger partial charge is 0.269 e. The fourth-order valence-electron chi connectivity index (χ4n) is 2.17. The highest BCUT2D eigenvalue weighted by atomic mass is 79.9. The van der Waals surface area contributed by atoms with Crippen molar-refractivity contribution in [2.24, 2.45) is 0 Å². The number of halogens is 1. The summed E-state index contributed by atoms with van der Waals surface area (Å²) in [6.07, 6.45) is 5.30. The predicted octanol–water partition coefficient (Wildman–Crippen LogP) is 2.16. The lowest BCUT2D eigenvalue weighted by Gasteiger charge is -2.19. The van der Waals surface area contributed by atoms with Gasteiger partial charge in [-0.3, -0.25) is 30.2 Å². The highest BCUT2D eigenvalue weighted by molar-refractivity contribution is 9.10. The van der Waals surface area contributed by atoms with Crippen molar-refractivity contribution in [1.82, 2.24) is 21.2 Å². The Hall–Kier alpha value is -2.39. The van der Waals surface area contributed by atoms with E-state index in [1.165, 1.54) is 24.5 Å². The summed E-state index contributed by atoms with van der Waals surface area (Å²) in [5.41, 5.74) is 5.51. The number of pyridine rings is 1. The number of amides is 3. The molecule has 0 aliphatic heterocycles. The maximum absolute atomic E-state index is 12.5. The molecule has 0 fully saturated rings. The van der Waals surface area contributed by atoms with Gasteiger partial charge in [0.1, 0.15) is 6.04 Å². The van der Waals surface area contributed by atoms with E-state index in [2.05, 4.69) is 37.1 Å². The van der Waals surface area contributed by atoms with Crippen LogP contribution in [-0.4, -0.2) is 40.8 Å². The van der Waals surface area contributed by atoms with Crippen LogP contribution in [0.4, 0.5) is 0 Å². The average Bonchev–Trinajstić information content (AvgIpc) is 2.69. The topological polar surface area (TPSA) is 100 Å². The quantitative estimate of drug-likeness (QED) is 0.561. The van der Waals surface area contributed by atoms with Gasteiger partial charge in [-0.25, -0.2) is 0 Å². The molecule has 0 spiro atoms. The number of nitrogens with zero attached hydrogens (tertiary/aromatic N) is 1. The first-order chi connectivity index (χ1) is 13.0. The van der Waals surface area contributed by atoms with Gasteiger partial charge in [-0.1, -0.05) is 12.1 Å². The Bertz CT molecular complexity index is 804. The highest BCUT2D eigenvalue weighted by Gasteiger charge is 2.22. The van der Waals surface area contributed by atoms with Crippen molar-refractivity contribution in [1.29, 1.82) is 0 Å². The molecule has 0 aliphatic carbocycles. The van der Waals surface area contributed by atoms with Crippen LogP contribution in [0.15, 0.2) is 53.3 Å². The molecule has 3 N–H and O–H groups in total. The Morgan fingerprint density at radius 3 is 2.44 bits per heavy atom. The van der Waals surface area contributed by atoms with Crippen LogP contribution >= 0.6 is 27.7 Å². The third-order valence-corrected chi connectivity index (χ3v) is 4.93. The summed E-state index contributed by atoms with van der Waals surface area (Å²) in [4.78, 5) is 40.8. The summed E-state index contributed by atoms with van der Waals surface area (Å²) in [6.45, 7) is 0. The van der Waals surface area contributed by atoms with Crippen LogP contribution in [0.1, 0.15) is 27.1 Å². The Morgan fingerprint density at radius 1 is 1.07 bits per heavy atom. The molecule has 0 unspecified atom stereocenters. The predicted molar refractivity (Wildman–Crippen MR) is 108 cm³/mol. The second-order valence-corrected chi connectivity index (χ2v) is 7.31. The van der Waals surface area contributed by atoms with Gasteiger partial charge in [0.2, 0.25) is 0 Å². The van der Waals surface area contributed by atoms with Gasteiger partial charge in [-0.15, -0.1) is 0 Å². The number of nitrogens with one attached hydrogen (secondary N) is 3. The van der Waals surface area contributed by atoms with Gasteiger partial charge < -0.3 is 5.32 Å². The van der Waals surface area contributed by atoms with E-state index in [9.17, 15) is 14.4 Å². The van der Waals surface area contributed by atoms with E-state index in [-0.39, 0.29) is 5.91 Å². The molecule has 7 nitrogen and oxygen atoms in total. The third kappa shape index (κ3) is 6.37. The summed E-state index contributed by atoms with van der Waals surface area (Å²) in [5.74, 6) is -0.658. The summed E-state index contributed by atoms with van der Waals surface area (Å²) in [5, 5.41) is 2.72. The van der Waals surface area contributed by atoms with Crippen molar-refractivity contribution in [3.05, 3.63) is 64.4 Å². The summed E-state index contributed by atoms with van der Waals surface area (Å²) >= 11 is 4.88. The number of hydrazine groups is 1. The molecule has 2 aromatic rings. The molecule has 0 saturated heterocycles. The number of hydrogen-bond donors (Lipinski definition) is 3. The van der Waals surface area contributed by atoms with Crippen LogP contribution in [0.2, 0.25) is 0 Å². The molecule has 9 heteroatoms. The van der Waals surface area contributed by atoms with Crippen molar-refractivity contribution in [2.75, 3.05) is 12.0 Å². The van der Waals surface area contributed by atoms with Gasteiger partial charge in [-0.05, 0) is 58.6 Å². The number of carbonyl (C=O) groups is 3. The normalized spacial score (nSPS) is 11.3. The van der Waals surface area contributed by atoms with Crippen LogP contribution in [-0.2, 0) is 4.79 Å². The largest absolute Gasteiger partial charge is 0.340 e. The molecule has 0 aliphatic rings. The molecule has 27 heavy (non-hydrogen) atoms. The summed E-state index contributed by atoms with van der Waals surface area (Å²) < 4.78 is 0.637. The Labute approximate surface area is 169 Å². The molecular weight excluding hydrogens is 432 g/mol. The molecule has 142 valence electrons. The number of rotatable bonds is 7. The average molecular weight is 451 g/mol. The monoisotopic (exact) mass is 450 g/mol. The zero-order valence-corrected chi connectivity index (χ0v) is 17.0. The zero-order valence-electron chi connectivity index (χ0n) is 14.6. The first-order valence-corrected chi connectivity index (χ1v) is 10.3. The number of hydrogen-bond acceptors (Lipinski definition) is 5. The standard InChI is InChI=1S/C18H19BrN4O3S/c1-27-11-8-15(21-17(25)13-4-2-3-5-14(13)19)18(26)23-22-16(24)12-6-9-20-10-7-12/h2-7,9-10,15H,8,11H2,1H3,(H,21,25)(H,22,24)(H,23,26)/t15-/m0/s1. The molecule has 0 radical (unpaired) electrons. The van der Waals surface area contributed by atoms with E-state index >= 15 is 0 Å². The first-order valence-electron chi connectivity index (χ1n) is 8.07. The van der Waals surface area contributed by atoms with Gasteiger partial charge in [0.15, 0.2) is 0 Å². The van der Waals surface area contributed by atoms with Crippen molar-refractivity contribution in [3.8, 4) is 0 Å². The third-order valence-electron chi connectivity index (χ3n) is 3.59. The molecule has 1 atom stereocenters. The van der Waals surface area contributed by atoms with E-state index < -0.39 is 17.9 Å². The van der Waals surface area contributed by atoms with E-state index in [1.807, 2.05) is 6.26 Å². The van der Waals surface area contributed by atoms with Crippen LogP contribution in [0.25, 0.3) is 0 Å². The van der Waals surface area contributed by atoms with E-state index in [4.69, 9.17) is 0 Å². The molecule has 2 rings (SSSR count). The second kappa shape index (κ2) is 10.7. The molecule has 0 bridgehead atoms. The lowest BCUT2D eigenvalue weighted by atomic mass is 10.1. The maximum atomic E-state index is 12.5. The minimum atomic E-state index is -0.783. The maximum Gasteiger partial charge on any atom is 0.269 e. The van der Waals surface area contributed by atoms with E-state index in [0.29, 0.717) is 27.8 Å².